The smallest absolute Gasteiger partial charge is 0.305 e. The van der Waals surface area contributed by atoms with E-state index in [1.807, 2.05) is 0 Å². The molecule has 0 aromatic carbocycles. The second kappa shape index (κ2) is 5.17. The minimum absolute atomic E-state index is 0.00986. The average molecular weight is 242 g/mol. The molecule has 0 amide bonds. The van der Waals surface area contributed by atoms with Crippen LogP contribution in [0.4, 0.5) is 0 Å². The minimum Gasteiger partial charge on any atom is -0.469 e. The van der Waals surface area contributed by atoms with Crippen LogP contribution in [0.5, 0.6) is 0 Å². The predicted molar refractivity (Wildman–Crippen MR) is 61.4 cm³/mol. The second-order valence-corrected chi connectivity index (χ2v) is 5.01. The number of rotatable bonds is 5. The van der Waals surface area contributed by atoms with E-state index in [9.17, 15) is 9.59 Å². The van der Waals surface area contributed by atoms with Gasteiger partial charge in [-0.25, -0.2) is 0 Å². The second-order valence-electron chi connectivity index (χ2n) is 5.01. The largest absolute Gasteiger partial charge is 0.469 e. The zero-order valence-corrected chi connectivity index (χ0v) is 10.5. The number of methoxy groups -OCH3 is 1. The molecule has 96 valence electrons. The molecule has 0 radical (unpaired) electrons. The van der Waals surface area contributed by atoms with Crippen molar-refractivity contribution in [1.29, 1.82) is 0 Å². The summed E-state index contributed by atoms with van der Waals surface area (Å²) in [7, 11) is 1.39. The number of esters is 1. The van der Waals surface area contributed by atoms with Crippen LogP contribution in [-0.4, -0.2) is 31.1 Å². The van der Waals surface area contributed by atoms with Crippen LogP contribution in [-0.2, 0) is 19.1 Å². The van der Waals surface area contributed by atoms with Gasteiger partial charge in [-0.2, -0.15) is 0 Å². The van der Waals surface area contributed by atoms with Crippen LogP contribution in [0.15, 0.2) is 0 Å². The van der Waals surface area contributed by atoms with Crippen LogP contribution in [0.3, 0.4) is 0 Å². The SMILES string of the molecule is CCC1[18O]C1C[C@H]1C(=O)CC[C@@H]1CC(=O)OC. The van der Waals surface area contributed by atoms with Gasteiger partial charge in [0.15, 0.2) is 0 Å². The van der Waals surface area contributed by atoms with Crippen molar-refractivity contribution in [2.45, 2.75) is 51.2 Å². The van der Waals surface area contributed by atoms with Gasteiger partial charge in [-0.15, -0.1) is 0 Å². The highest BCUT2D eigenvalue weighted by molar-refractivity contribution is 5.84. The fraction of sp³-hybridized carbons (Fsp3) is 0.846. The summed E-state index contributed by atoms with van der Waals surface area (Å²) in [5, 5.41) is 0. The van der Waals surface area contributed by atoms with Crippen molar-refractivity contribution in [2.24, 2.45) is 11.8 Å². The van der Waals surface area contributed by atoms with E-state index in [1.165, 1.54) is 7.11 Å². The lowest BCUT2D eigenvalue weighted by Crippen LogP contribution is -2.20. The Morgan fingerprint density at radius 2 is 2.24 bits per heavy atom. The van der Waals surface area contributed by atoms with Crippen molar-refractivity contribution in [3.8, 4) is 0 Å². The quantitative estimate of drug-likeness (QED) is 0.418. The van der Waals surface area contributed by atoms with Gasteiger partial charge in [0.25, 0.3) is 0 Å². The first-order chi connectivity index (χ1) is 8.15. The topological polar surface area (TPSA) is 55.9 Å². The summed E-state index contributed by atoms with van der Waals surface area (Å²) in [5.41, 5.74) is 0. The Hall–Kier alpha value is -0.900. The van der Waals surface area contributed by atoms with Gasteiger partial charge in [0, 0.05) is 18.8 Å². The van der Waals surface area contributed by atoms with Gasteiger partial charge in [-0.1, -0.05) is 6.92 Å². The van der Waals surface area contributed by atoms with Crippen molar-refractivity contribution in [3.05, 3.63) is 0 Å². The number of carbonyl (C=O) groups excluding carboxylic acids is 2. The lowest BCUT2D eigenvalue weighted by atomic mass is 9.88. The van der Waals surface area contributed by atoms with Crippen molar-refractivity contribution in [3.63, 3.8) is 0 Å². The van der Waals surface area contributed by atoms with Crippen LogP contribution in [0, 0.1) is 11.8 Å². The van der Waals surface area contributed by atoms with Crippen molar-refractivity contribution in [1.82, 2.24) is 0 Å². The van der Waals surface area contributed by atoms with E-state index < -0.39 is 0 Å². The van der Waals surface area contributed by atoms with Crippen molar-refractivity contribution in [2.75, 3.05) is 7.11 Å². The maximum Gasteiger partial charge on any atom is 0.305 e. The Morgan fingerprint density at radius 3 is 2.82 bits per heavy atom. The molecular formula is C13H20O4. The van der Waals surface area contributed by atoms with Crippen LogP contribution < -0.4 is 0 Å². The van der Waals surface area contributed by atoms with Crippen molar-refractivity contribution >= 4 is 11.8 Å². The Morgan fingerprint density at radius 1 is 1.47 bits per heavy atom. The lowest BCUT2D eigenvalue weighted by Gasteiger charge is -2.16. The van der Waals surface area contributed by atoms with Crippen molar-refractivity contribution < 1.29 is 19.1 Å². The fourth-order valence-electron chi connectivity index (χ4n) is 2.84. The molecule has 4 atom stereocenters. The molecule has 2 aliphatic rings. The first-order valence-electron chi connectivity index (χ1n) is 6.40. The van der Waals surface area contributed by atoms with Gasteiger partial charge in [0.2, 0.25) is 0 Å². The highest BCUT2D eigenvalue weighted by Gasteiger charge is 2.44. The molecule has 0 bridgehead atoms. The van der Waals surface area contributed by atoms with Gasteiger partial charge in [0.1, 0.15) is 5.78 Å². The average Bonchev–Trinajstić information content (AvgIpc) is 3.01. The third kappa shape index (κ3) is 2.86. The van der Waals surface area contributed by atoms with Gasteiger partial charge >= 0.3 is 5.97 Å². The van der Waals surface area contributed by atoms with E-state index in [1.54, 1.807) is 0 Å². The summed E-state index contributed by atoms with van der Waals surface area (Å²) in [6, 6.07) is 0. The molecule has 1 saturated carbocycles. The molecule has 2 fully saturated rings. The molecule has 4 nitrogen and oxygen atoms in total. The van der Waals surface area contributed by atoms with E-state index in [4.69, 9.17) is 4.74 Å². The van der Waals surface area contributed by atoms with Gasteiger partial charge in [-0.05, 0) is 25.2 Å². The van der Waals surface area contributed by atoms with Crippen LogP contribution >= 0.6 is 0 Å². The van der Waals surface area contributed by atoms with E-state index in [2.05, 4.69) is 11.7 Å². The molecule has 1 saturated heterocycles. The molecule has 1 aliphatic carbocycles. The third-order valence-corrected chi connectivity index (χ3v) is 3.98. The van der Waals surface area contributed by atoms with E-state index >= 15 is 0 Å². The summed E-state index contributed by atoms with van der Waals surface area (Å²) >= 11 is 0. The predicted octanol–water partition coefficient (Wildman–Crippen LogP) is 1.71. The first kappa shape index (κ1) is 12.6. The Labute approximate surface area is 102 Å². The normalized spacial score (nSPS) is 36.0. The molecule has 0 spiro atoms. The van der Waals surface area contributed by atoms with Gasteiger partial charge in [0.05, 0.1) is 19.3 Å². The highest BCUT2D eigenvalue weighted by Crippen LogP contribution is 2.40. The fourth-order valence-corrected chi connectivity index (χ4v) is 2.84. The first-order valence-corrected chi connectivity index (χ1v) is 6.40. The maximum atomic E-state index is 11.8. The summed E-state index contributed by atoms with van der Waals surface area (Å²) in [5.74, 6) is 0.259. The Bertz CT molecular complexity index is 313. The monoisotopic (exact) mass is 242 g/mol. The molecule has 2 rings (SSSR count). The van der Waals surface area contributed by atoms with Gasteiger partial charge in [-0.3, -0.25) is 9.59 Å². The summed E-state index contributed by atoms with van der Waals surface area (Å²) in [6.07, 6.45) is 4.18. The minimum atomic E-state index is -0.210. The van der Waals surface area contributed by atoms with Crippen LogP contribution in [0.25, 0.3) is 0 Å². The summed E-state index contributed by atoms with van der Waals surface area (Å²) in [4.78, 5) is 23.1. The number of carbonyl (C=O) groups is 2. The zero-order chi connectivity index (χ0) is 12.4. The maximum absolute atomic E-state index is 11.8. The molecule has 1 aliphatic heterocycles. The zero-order valence-electron chi connectivity index (χ0n) is 10.5. The summed E-state index contributed by atoms with van der Waals surface area (Å²) < 4.78 is 10.2. The van der Waals surface area contributed by atoms with Crippen LogP contribution in [0.2, 0.25) is 0 Å². The lowest BCUT2D eigenvalue weighted by molar-refractivity contribution is -0.142. The van der Waals surface area contributed by atoms with E-state index in [0.717, 1.165) is 19.3 Å². The molecule has 0 aromatic rings. The molecular weight excluding hydrogens is 222 g/mol. The Balaban J connectivity index is 1.88. The number of hydrogen-bond acceptors (Lipinski definition) is 4. The van der Waals surface area contributed by atoms with E-state index in [0.29, 0.717) is 24.7 Å². The standard InChI is InChI=1S/C13H20O4/c1-3-11-12(17-11)7-9-8(4-5-10(9)14)6-13(15)16-2/h8-9,11-12H,3-7H2,1-2H3/t8-,9-,11?,12?/m1/s1/i17+2. The highest BCUT2D eigenvalue weighted by atomic mass is 18.4. The molecule has 17 heavy (non-hydrogen) atoms. The number of ether oxygens (including phenoxy) is 2. The molecule has 4 heteroatoms. The number of ketones is 1. The molecule has 0 N–H and O–H groups in total. The van der Waals surface area contributed by atoms with Crippen LogP contribution in [0.1, 0.15) is 39.0 Å². The third-order valence-electron chi connectivity index (χ3n) is 3.98. The molecule has 2 unspecified atom stereocenters. The number of epoxide rings is 1. The molecule has 1 heterocycles. The Kier molecular flexibility index (Phi) is 3.82. The number of Topliss-reactive ketones (excluding diaryl/α,β-unsaturated/α-hetero) is 1. The van der Waals surface area contributed by atoms with E-state index in [-0.39, 0.29) is 23.9 Å². The summed E-state index contributed by atoms with van der Waals surface area (Å²) in [6.45, 7) is 2.09. The number of hydrogen-bond donors (Lipinski definition) is 0. The van der Waals surface area contributed by atoms with Gasteiger partial charge < -0.3 is 9.47 Å². The molecule has 0 aromatic heterocycles.